The molecule has 20 heavy (non-hydrogen) atoms. The molecule has 6 nitrogen and oxygen atoms in total. The van der Waals surface area contributed by atoms with E-state index in [9.17, 15) is 14.9 Å². The fourth-order valence-electron chi connectivity index (χ4n) is 2.87. The topological polar surface area (TPSA) is 84.6 Å². The highest BCUT2D eigenvalue weighted by molar-refractivity contribution is 6.10. The summed E-state index contributed by atoms with van der Waals surface area (Å²) in [7, 11) is 0. The van der Waals surface area contributed by atoms with E-state index in [1.165, 1.54) is 12.1 Å². The molecule has 0 aromatic heterocycles. The van der Waals surface area contributed by atoms with E-state index in [2.05, 4.69) is 10.3 Å². The molecule has 0 unspecified atom stereocenters. The number of amidine groups is 1. The fourth-order valence-corrected chi connectivity index (χ4v) is 2.87. The Morgan fingerprint density at radius 2 is 1.90 bits per heavy atom. The molecule has 2 atom stereocenters. The van der Waals surface area contributed by atoms with Crippen LogP contribution in [-0.2, 0) is 4.79 Å². The van der Waals surface area contributed by atoms with Gasteiger partial charge in [-0.15, -0.1) is 0 Å². The largest absolute Gasteiger partial charge is 0.310 e. The number of hydrogen-bond acceptors (Lipinski definition) is 4. The molecule has 2 aliphatic rings. The third kappa shape index (κ3) is 2.29. The second kappa shape index (κ2) is 5.03. The van der Waals surface area contributed by atoms with Crippen LogP contribution in [0.3, 0.4) is 0 Å². The van der Waals surface area contributed by atoms with E-state index in [4.69, 9.17) is 0 Å². The van der Waals surface area contributed by atoms with Crippen molar-refractivity contribution in [1.82, 2.24) is 5.32 Å². The van der Waals surface area contributed by atoms with E-state index >= 15 is 0 Å². The molecule has 0 spiro atoms. The van der Waals surface area contributed by atoms with Gasteiger partial charge in [-0.2, -0.15) is 0 Å². The summed E-state index contributed by atoms with van der Waals surface area (Å²) in [5.41, 5.74) is 0.750. The molecule has 1 N–H and O–H groups in total. The van der Waals surface area contributed by atoms with Crippen LogP contribution < -0.4 is 5.32 Å². The van der Waals surface area contributed by atoms with Gasteiger partial charge in [0.25, 0.3) is 5.69 Å². The van der Waals surface area contributed by atoms with Crippen molar-refractivity contribution in [3.05, 3.63) is 39.9 Å². The highest BCUT2D eigenvalue weighted by atomic mass is 16.6. The summed E-state index contributed by atoms with van der Waals surface area (Å²) < 4.78 is 0. The second-order valence-corrected chi connectivity index (χ2v) is 5.23. The quantitative estimate of drug-likeness (QED) is 0.661. The van der Waals surface area contributed by atoms with Gasteiger partial charge in [0, 0.05) is 17.7 Å². The first-order chi connectivity index (χ1) is 9.65. The van der Waals surface area contributed by atoms with Crippen LogP contribution in [0.4, 0.5) is 5.69 Å². The lowest BCUT2D eigenvalue weighted by Crippen LogP contribution is -2.47. The van der Waals surface area contributed by atoms with Crippen molar-refractivity contribution in [2.75, 3.05) is 0 Å². The van der Waals surface area contributed by atoms with Gasteiger partial charge >= 0.3 is 0 Å². The normalized spacial score (nSPS) is 25.4. The number of hydrogen-bond donors (Lipinski definition) is 1. The molecule has 0 radical (unpaired) electrons. The van der Waals surface area contributed by atoms with E-state index in [-0.39, 0.29) is 23.6 Å². The Labute approximate surface area is 116 Å². The molecule has 1 aliphatic carbocycles. The van der Waals surface area contributed by atoms with Crippen LogP contribution in [0, 0.1) is 16.0 Å². The molecule has 1 amide bonds. The molecule has 0 bridgehead atoms. The first kappa shape index (κ1) is 12.8. The van der Waals surface area contributed by atoms with Gasteiger partial charge in [-0.05, 0) is 25.0 Å². The molecule has 1 fully saturated rings. The third-order valence-electron chi connectivity index (χ3n) is 3.95. The monoisotopic (exact) mass is 273 g/mol. The van der Waals surface area contributed by atoms with Crippen LogP contribution >= 0.6 is 0 Å². The Bertz CT molecular complexity index is 580. The summed E-state index contributed by atoms with van der Waals surface area (Å²) in [6.07, 6.45) is 4.02. The van der Waals surface area contributed by atoms with E-state index in [0.717, 1.165) is 25.7 Å². The number of nitro groups is 1. The van der Waals surface area contributed by atoms with Crippen LogP contribution in [0.25, 0.3) is 0 Å². The van der Waals surface area contributed by atoms with Crippen LogP contribution in [0.5, 0.6) is 0 Å². The van der Waals surface area contributed by atoms with Gasteiger partial charge in [0.05, 0.1) is 16.9 Å². The van der Waals surface area contributed by atoms with Crippen LogP contribution in [-0.4, -0.2) is 22.7 Å². The van der Waals surface area contributed by atoms with Gasteiger partial charge in [-0.3, -0.25) is 19.9 Å². The van der Waals surface area contributed by atoms with Crippen molar-refractivity contribution in [3.8, 4) is 0 Å². The lowest BCUT2D eigenvalue weighted by molar-refractivity contribution is -0.384. The standard InChI is InChI=1S/C14H15N3O3/c18-14-11-3-1-2-4-12(11)15-13(16-14)9-5-7-10(8-6-9)17(19)20/h5-8,11-12H,1-4H2,(H,15,16,18)/t11-,12+/m1/s1. The smallest absolute Gasteiger partial charge is 0.269 e. The number of carbonyl (C=O) groups is 1. The fraction of sp³-hybridized carbons (Fsp3) is 0.429. The summed E-state index contributed by atoms with van der Waals surface area (Å²) in [5, 5.41) is 13.5. The number of fused-ring (bicyclic) bond motifs is 1. The third-order valence-corrected chi connectivity index (χ3v) is 3.95. The molecule has 104 valence electrons. The maximum Gasteiger partial charge on any atom is 0.269 e. The van der Waals surface area contributed by atoms with Gasteiger partial charge in [0.2, 0.25) is 5.91 Å². The zero-order chi connectivity index (χ0) is 14.1. The Balaban J connectivity index is 1.88. The van der Waals surface area contributed by atoms with Gasteiger partial charge in [0.15, 0.2) is 0 Å². The summed E-state index contributed by atoms with van der Waals surface area (Å²) in [6.45, 7) is 0. The van der Waals surface area contributed by atoms with Crippen LogP contribution in [0.15, 0.2) is 29.3 Å². The van der Waals surface area contributed by atoms with Crippen molar-refractivity contribution in [3.63, 3.8) is 0 Å². The lowest BCUT2D eigenvalue weighted by atomic mass is 9.83. The summed E-state index contributed by atoms with van der Waals surface area (Å²) in [5.74, 6) is 0.552. The maximum atomic E-state index is 12.1. The van der Waals surface area contributed by atoms with E-state index < -0.39 is 4.92 Å². The first-order valence-corrected chi connectivity index (χ1v) is 6.78. The molecule has 1 heterocycles. The predicted molar refractivity (Wildman–Crippen MR) is 73.5 cm³/mol. The first-order valence-electron chi connectivity index (χ1n) is 6.78. The van der Waals surface area contributed by atoms with Crippen molar-refractivity contribution < 1.29 is 9.72 Å². The zero-order valence-electron chi connectivity index (χ0n) is 10.9. The minimum atomic E-state index is -0.442. The van der Waals surface area contributed by atoms with Crippen molar-refractivity contribution in [2.24, 2.45) is 10.9 Å². The number of amides is 1. The lowest BCUT2D eigenvalue weighted by Gasteiger charge is -2.32. The Morgan fingerprint density at radius 3 is 2.60 bits per heavy atom. The van der Waals surface area contributed by atoms with Crippen molar-refractivity contribution in [1.29, 1.82) is 0 Å². The maximum absolute atomic E-state index is 12.1. The van der Waals surface area contributed by atoms with E-state index in [1.807, 2.05) is 0 Å². The van der Waals surface area contributed by atoms with Crippen molar-refractivity contribution >= 4 is 17.4 Å². The number of nitrogens with zero attached hydrogens (tertiary/aromatic N) is 2. The van der Waals surface area contributed by atoms with Gasteiger partial charge in [-0.1, -0.05) is 12.8 Å². The number of rotatable bonds is 2. The molecule has 1 aromatic carbocycles. The Kier molecular flexibility index (Phi) is 3.22. The van der Waals surface area contributed by atoms with Crippen LogP contribution in [0.1, 0.15) is 31.2 Å². The number of benzene rings is 1. The van der Waals surface area contributed by atoms with Gasteiger partial charge < -0.3 is 5.32 Å². The van der Waals surface area contributed by atoms with Crippen molar-refractivity contribution in [2.45, 2.75) is 31.7 Å². The molecule has 6 heteroatoms. The minimum Gasteiger partial charge on any atom is -0.310 e. The Morgan fingerprint density at radius 1 is 1.20 bits per heavy atom. The Hall–Kier alpha value is -2.24. The van der Waals surface area contributed by atoms with Gasteiger partial charge in [-0.25, -0.2) is 0 Å². The number of nitro benzene ring substituents is 1. The molecule has 0 saturated heterocycles. The number of aliphatic imine (C=N–C) groups is 1. The molecule has 3 rings (SSSR count). The number of non-ortho nitro benzene ring substituents is 1. The molecule has 1 aliphatic heterocycles. The van der Waals surface area contributed by atoms with Gasteiger partial charge in [0.1, 0.15) is 5.84 Å². The molecular weight excluding hydrogens is 258 g/mol. The number of nitrogens with one attached hydrogen (secondary N) is 1. The SMILES string of the molecule is O=C1NC(c2ccc([N+](=O)[O-])cc2)=N[C@H]2CCCC[C@@H]12. The molecule has 1 saturated carbocycles. The highest BCUT2D eigenvalue weighted by Crippen LogP contribution is 2.29. The molecular formula is C14H15N3O3. The molecule has 1 aromatic rings. The summed E-state index contributed by atoms with van der Waals surface area (Å²) in [6, 6.07) is 6.16. The zero-order valence-corrected chi connectivity index (χ0v) is 10.9. The van der Waals surface area contributed by atoms with E-state index in [0.29, 0.717) is 11.4 Å². The summed E-state index contributed by atoms with van der Waals surface area (Å²) in [4.78, 5) is 26.9. The van der Waals surface area contributed by atoms with E-state index in [1.54, 1.807) is 12.1 Å². The second-order valence-electron chi connectivity index (χ2n) is 5.23. The average Bonchev–Trinajstić information content (AvgIpc) is 2.47. The highest BCUT2D eigenvalue weighted by Gasteiger charge is 2.35. The average molecular weight is 273 g/mol. The number of carbonyl (C=O) groups excluding carboxylic acids is 1. The summed E-state index contributed by atoms with van der Waals surface area (Å²) >= 11 is 0. The minimum absolute atomic E-state index is 0.00875. The predicted octanol–water partition coefficient (Wildman–Crippen LogP) is 2.03. The van der Waals surface area contributed by atoms with Crippen LogP contribution in [0.2, 0.25) is 0 Å².